The molecule has 3 rings (SSSR count). The van der Waals surface area contributed by atoms with Gasteiger partial charge < -0.3 is 10.1 Å². The van der Waals surface area contributed by atoms with Crippen molar-refractivity contribution < 1.29 is 9.53 Å². The van der Waals surface area contributed by atoms with Crippen LogP contribution in [0.25, 0.3) is 11.2 Å². The van der Waals surface area contributed by atoms with Gasteiger partial charge in [0.25, 0.3) is 5.56 Å². The van der Waals surface area contributed by atoms with Gasteiger partial charge in [-0.25, -0.2) is 4.79 Å². The van der Waals surface area contributed by atoms with Gasteiger partial charge in [-0.1, -0.05) is 13.8 Å². The van der Waals surface area contributed by atoms with Gasteiger partial charge in [-0.3, -0.25) is 23.7 Å². The van der Waals surface area contributed by atoms with Crippen LogP contribution in [0.1, 0.15) is 24.2 Å². The van der Waals surface area contributed by atoms with Gasteiger partial charge >= 0.3 is 5.69 Å². The highest BCUT2D eigenvalue weighted by Gasteiger charge is 2.20. The average molecular weight is 385 g/mol. The number of ether oxygens (including phenoxy) is 1. The molecule has 0 bridgehead atoms. The molecule has 0 radical (unpaired) electrons. The molecular weight excluding hydrogens is 362 g/mol. The number of ketones is 1. The van der Waals surface area contributed by atoms with E-state index in [2.05, 4.69) is 15.3 Å². The van der Waals surface area contributed by atoms with Crippen LogP contribution >= 0.6 is 0 Å². The first-order chi connectivity index (χ1) is 13.3. The minimum absolute atomic E-state index is 0.0927. The van der Waals surface area contributed by atoms with Gasteiger partial charge in [-0.05, 0) is 30.2 Å². The predicted octanol–water partition coefficient (Wildman–Crippen LogP) is 1.38. The topological polar surface area (TPSA) is 111 Å². The number of methoxy groups -OCH3 is 1. The number of Topliss-reactive ketones (excluding diaryl/α,β-unsaturated/α-hetero) is 1. The maximum Gasteiger partial charge on any atom is 0.329 e. The van der Waals surface area contributed by atoms with Gasteiger partial charge in [0, 0.05) is 19.2 Å². The Hall–Kier alpha value is -3.36. The summed E-state index contributed by atoms with van der Waals surface area (Å²) in [4.78, 5) is 43.8. The lowest BCUT2D eigenvalue weighted by atomic mass is 10.1. The molecule has 0 amide bonds. The van der Waals surface area contributed by atoms with Crippen molar-refractivity contribution in [2.75, 3.05) is 19.0 Å². The standard InChI is InChI=1S/C19H23N5O4/c1-11(2)9-20-18-21-16-15(17(26)22-19(27)23(16)3)24(18)10-14(25)12-5-7-13(28-4)8-6-12/h5-8,11H,9-10H2,1-4H3,(H,20,21)(H,22,26,27). The molecule has 0 unspecified atom stereocenters. The molecule has 9 heteroatoms. The number of aromatic nitrogens is 4. The number of H-pyrrole nitrogens is 1. The average Bonchev–Trinajstić information content (AvgIpc) is 3.03. The molecule has 0 aliphatic rings. The van der Waals surface area contributed by atoms with E-state index in [4.69, 9.17) is 4.74 Å². The number of anilines is 1. The molecule has 28 heavy (non-hydrogen) atoms. The number of nitrogens with one attached hydrogen (secondary N) is 2. The molecule has 0 saturated carbocycles. The van der Waals surface area contributed by atoms with Crippen molar-refractivity contribution in [3.63, 3.8) is 0 Å². The third-order valence-corrected chi connectivity index (χ3v) is 4.39. The fourth-order valence-electron chi connectivity index (χ4n) is 2.83. The van der Waals surface area contributed by atoms with E-state index >= 15 is 0 Å². The Morgan fingerprint density at radius 1 is 1.25 bits per heavy atom. The maximum atomic E-state index is 12.8. The maximum absolute atomic E-state index is 12.8. The van der Waals surface area contributed by atoms with Gasteiger partial charge in [0.2, 0.25) is 5.95 Å². The molecular formula is C19H23N5O4. The first-order valence-corrected chi connectivity index (χ1v) is 8.92. The number of aryl methyl sites for hydroxylation is 1. The SMILES string of the molecule is COc1ccc(C(=O)Cn2c(NCC(C)C)nc3c2c(=O)[nH]c(=O)n3C)cc1. The number of carbonyl (C=O) groups is 1. The number of benzene rings is 1. The Morgan fingerprint density at radius 3 is 2.54 bits per heavy atom. The van der Waals surface area contributed by atoms with E-state index in [1.54, 1.807) is 31.4 Å². The van der Waals surface area contributed by atoms with Crippen LogP contribution in [0.4, 0.5) is 5.95 Å². The monoisotopic (exact) mass is 385 g/mol. The van der Waals surface area contributed by atoms with Crippen LogP contribution < -0.4 is 21.3 Å². The van der Waals surface area contributed by atoms with E-state index in [9.17, 15) is 14.4 Å². The second-order valence-corrected chi connectivity index (χ2v) is 6.94. The third-order valence-electron chi connectivity index (χ3n) is 4.39. The Kier molecular flexibility index (Phi) is 5.34. The number of aromatic amines is 1. The van der Waals surface area contributed by atoms with Gasteiger partial charge in [-0.2, -0.15) is 4.98 Å². The fraction of sp³-hybridized carbons (Fsp3) is 0.368. The highest BCUT2D eigenvalue weighted by molar-refractivity contribution is 5.97. The molecule has 0 aliphatic carbocycles. The Labute approximate surface area is 161 Å². The molecule has 0 fully saturated rings. The summed E-state index contributed by atoms with van der Waals surface area (Å²) in [6.07, 6.45) is 0. The van der Waals surface area contributed by atoms with E-state index in [0.717, 1.165) is 0 Å². The van der Waals surface area contributed by atoms with E-state index in [0.29, 0.717) is 29.7 Å². The van der Waals surface area contributed by atoms with Gasteiger partial charge in [-0.15, -0.1) is 0 Å². The lowest BCUT2D eigenvalue weighted by molar-refractivity contribution is 0.0974. The molecule has 0 spiro atoms. The quantitative estimate of drug-likeness (QED) is 0.595. The van der Waals surface area contributed by atoms with Crippen molar-refractivity contribution in [2.24, 2.45) is 13.0 Å². The van der Waals surface area contributed by atoms with Crippen LogP contribution in [0, 0.1) is 5.92 Å². The summed E-state index contributed by atoms with van der Waals surface area (Å²) in [7, 11) is 3.08. The largest absolute Gasteiger partial charge is 0.497 e. The van der Waals surface area contributed by atoms with Gasteiger partial charge in [0.1, 0.15) is 5.75 Å². The summed E-state index contributed by atoms with van der Waals surface area (Å²) in [6, 6.07) is 6.74. The molecule has 0 atom stereocenters. The highest BCUT2D eigenvalue weighted by Crippen LogP contribution is 2.18. The summed E-state index contributed by atoms with van der Waals surface area (Å²) < 4.78 is 7.88. The molecule has 2 heterocycles. The van der Waals surface area contributed by atoms with Crippen LogP contribution in [0.2, 0.25) is 0 Å². The molecule has 2 aromatic heterocycles. The van der Waals surface area contributed by atoms with E-state index in [-0.39, 0.29) is 23.5 Å². The normalized spacial score (nSPS) is 11.2. The minimum Gasteiger partial charge on any atom is -0.497 e. The van der Waals surface area contributed by atoms with Gasteiger partial charge in [0.05, 0.1) is 13.7 Å². The summed E-state index contributed by atoms with van der Waals surface area (Å²) in [5, 5.41) is 3.16. The zero-order valence-electron chi connectivity index (χ0n) is 16.3. The van der Waals surface area contributed by atoms with Crippen LogP contribution in [0.3, 0.4) is 0 Å². The number of hydrogen-bond acceptors (Lipinski definition) is 6. The number of rotatable bonds is 7. The van der Waals surface area contributed by atoms with Crippen LogP contribution in [-0.2, 0) is 13.6 Å². The molecule has 9 nitrogen and oxygen atoms in total. The minimum atomic E-state index is -0.578. The van der Waals surface area contributed by atoms with Crippen molar-refractivity contribution in [2.45, 2.75) is 20.4 Å². The molecule has 1 aromatic carbocycles. The van der Waals surface area contributed by atoms with Crippen molar-refractivity contribution >= 4 is 22.9 Å². The van der Waals surface area contributed by atoms with Crippen LogP contribution in [0.5, 0.6) is 5.75 Å². The van der Waals surface area contributed by atoms with E-state index < -0.39 is 11.2 Å². The van der Waals surface area contributed by atoms with Crippen molar-refractivity contribution in [1.29, 1.82) is 0 Å². The molecule has 0 aliphatic heterocycles. The highest BCUT2D eigenvalue weighted by atomic mass is 16.5. The molecule has 0 saturated heterocycles. The second-order valence-electron chi connectivity index (χ2n) is 6.94. The molecule has 2 N–H and O–H groups in total. The smallest absolute Gasteiger partial charge is 0.329 e. The van der Waals surface area contributed by atoms with E-state index in [1.165, 1.54) is 16.2 Å². The van der Waals surface area contributed by atoms with E-state index in [1.807, 2.05) is 13.8 Å². The first kappa shape index (κ1) is 19.4. The second kappa shape index (κ2) is 7.71. The summed E-state index contributed by atoms with van der Waals surface area (Å²) in [5.41, 5.74) is -0.249. The number of carbonyl (C=O) groups excluding carboxylic acids is 1. The first-order valence-electron chi connectivity index (χ1n) is 8.92. The lowest BCUT2D eigenvalue weighted by Gasteiger charge is -2.11. The lowest BCUT2D eigenvalue weighted by Crippen LogP contribution is -2.29. The Morgan fingerprint density at radius 2 is 1.93 bits per heavy atom. The van der Waals surface area contributed by atoms with Crippen molar-refractivity contribution in [3.05, 3.63) is 50.7 Å². The fourth-order valence-corrected chi connectivity index (χ4v) is 2.83. The van der Waals surface area contributed by atoms with Crippen molar-refractivity contribution in [3.8, 4) is 5.75 Å². The van der Waals surface area contributed by atoms with Gasteiger partial charge in [0.15, 0.2) is 16.9 Å². The number of hydrogen-bond donors (Lipinski definition) is 2. The summed E-state index contributed by atoms with van der Waals surface area (Å²) in [5.74, 6) is 1.16. The number of nitrogens with zero attached hydrogens (tertiary/aromatic N) is 3. The molecule has 3 aromatic rings. The zero-order chi connectivity index (χ0) is 20.4. The van der Waals surface area contributed by atoms with Crippen LogP contribution in [0.15, 0.2) is 33.9 Å². The zero-order valence-corrected chi connectivity index (χ0v) is 16.3. The number of imidazole rings is 1. The summed E-state index contributed by atoms with van der Waals surface area (Å²) in [6.45, 7) is 4.58. The third kappa shape index (κ3) is 3.68. The Bertz CT molecular complexity index is 1120. The predicted molar refractivity (Wildman–Crippen MR) is 106 cm³/mol. The molecule has 148 valence electrons. The Balaban J connectivity index is 2.07. The van der Waals surface area contributed by atoms with Crippen LogP contribution in [-0.4, -0.2) is 38.5 Å². The summed E-state index contributed by atoms with van der Waals surface area (Å²) >= 11 is 0. The number of fused-ring (bicyclic) bond motifs is 1. The van der Waals surface area contributed by atoms with Crippen molar-refractivity contribution in [1.82, 2.24) is 19.1 Å².